The molecule has 3 saturated heterocycles. The molecule has 3 aliphatic heterocycles. The Labute approximate surface area is 231 Å². The van der Waals surface area contributed by atoms with Gasteiger partial charge < -0.3 is 25.2 Å². The Morgan fingerprint density at radius 2 is 1.65 bits per heavy atom. The minimum atomic E-state index is -0.0575. The summed E-state index contributed by atoms with van der Waals surface area (Å²) in [6.45, 7) is 11.0. The van der Waals surface area contributed by atoms with Crippen molar-refractivity contribution in [3.63, 3.8) is 0 Å². The second-order valence-electron chi connectivity index (χ2n) is 11.2. The van der Waals surface area contributed by atoms with Gasteiger partial charge in [0.15, 0.2) is 5.11 Å². The fourth-order valence-corrected chi connectivity index (χ4v) is 6.42. The normalized spacial score (nSPS) is 23.6. The molecule has 3 fully saturated rings. The number of benzene rings is 1. The number of thiocarbonyl (C=S) groups is 1. The van der Waals surface area contributed by atoms with E-state index in [0.717, 1.165) is 68.9 Å². The van der Waals surface area contributed by atoms with Gasteiger partial charge in [0.05, 0.1) is 0 Å². The van der Waals surface area contributed by atoms with Gasteiger partial charge in [-0.15, -0.1) is 0 Å². The van der Waals surface area contributed by atoms with Gasteiger partial charge in [-0.05, 0) is 73.9 Å². The number of piperidine rings is 1. The molecule has 7 nitrogen and oxygen atoms in total. The zero-order chi connectivity index (χ0) is 25.8. The van der Waals surface area contributed by atoms with E-state index in [1.54, 1.807) is 0 Å². The van der Waals surface area contributed by atoms with Crippen LogP contribution < -0.4 is 20.4 Å². The molecule has 0 unspecified atom stereocenters. The molecule has 0 saturated carbocycles. The van der Waals surface area contributed by atoms with Crippen LogP contribution in [0.1, 0.15) is 51.5 Å². The average Bonchev–Trinajstić information content (AvgIpc) is 3.43. The predicted molar refractivity (Wildman–Crippen MR) is 156 cm³/mol. The van der Waals surface area contributed by atoms with Crippen LogP contribution in [0.5, 0.6) is 0 Å². The lowest BCUT2D eigenvalue weighted by Gasteiger charge is -2.38. The lowest BCUT2D eigenvalue weighted by molar-refractivity contribution is 0.0515. The van der Waals surface area contributed by atoms with Gasteiger partial charge in [0.25, 0.3) is 0 Å². The van der Waals surface area contributed by atoms with Gasteiger partial charge in [-0.25, -0.2) is 0 Å². The monoisotopic (exact) mass is 542 g/mol. The fourth-order valence-electron chi connectivity index (χ4n) is 6.13. The fraction of sp³-hybridized carbons (Fsp3) is 0.607. The van der Waals surface area contributed by atoms with Gasteiger partial charge in [-0.2, -0.15) is 9.97 Å². The van der Waals surface area contributed by atoms with Crippen molar-refractivity contribution in [3.05, 3.63) is 40.9 Å². The summed E-state index contributed by atoms with van der Waals surface area (Å²) in [4.78, 5) is 14.6. The van der Waals surface area contributed by atoms with Crippen LogP contribution >= 0.6 is 23.8 Å². The summed E-state index contributed by atoms with van der Waals surface area (Å²) in [5, 5.41) is 8.09. The molecule has 1 aromatic carbocycles. The zero-order valence-electron chi connectivity index (χ0n) is 22.0. The van der Waals surface area contributed by atoms with Crippen LogP contribution in [0.2, 0.25) is 5.02 Å². The van der Waals surface area contributed by atoms with Gasteiger partial charge in [-0.1, -0.05) is 37.6 Å². The molecular weight excluding hydrogens is 504 g/mol. The van der Waals surface area contributed by atoms with Crippen molar-refractivity contribution in [3.8, 4) is 0 Å². The molecule has 2 aromatic rings. The highest BCUT2D eigenvalue weighted by atomic mass is 35.5. The first-order valence-electron chi connectivity index (χ1n) is 13.7. The summed E-state index contributed by atoms with van der Waals surface area (Å²) in [5.41, 5.74) is 1.20. The molecule has 5 rings (SSSR count). The Bertz CT molecular complexity index is 1060. The molecule has 0 spiro atoms. The molecule has 0 bridgehead atoms. The molecule has 2 N–H and O–H groups in total. The van der Waals surface area contributed by atoms with Gasteiger partial charge in [-0.3, -0.25) is 0 Å². The zero-order valence-corrected chi connectivity index (χ0v) is 23.6. The highest BCUT2D eigenvalue weighted by Crippen LogP contribution is 2.35. The molecule has 4 heterocycles. The van der Waals surface area contributed by atoms with Crippen molar-refractivity contribution in [1.29, 1.82) is 0 Å². The number of rotatable bonds is 6. The SMILES string of the molecule is C[C@H]1C[C@H](C)CN(c2cc(N3CCCC3)nc(NC(=S)NCC3(c4ccc(Cl)cc4)CCOCC3)n2)C1. The second-order valence-corrected chi connectivity index (χ2v) is 12.0. The van der Waals surface area contributed by atoms with E-state index in [0.29, 0.717) is 29.4 Å². The van der Waals surface area contributed by atoms with E-state index in [1.165, 1.54) is 24.8 Å². The van der Waals surface area contributed by atoms with Crippen LogP contribution in [0.25, 0.3) is 0 Å². The van der Waals surface area contributed by atoms with Gasteiger partial charge >= 0.3 is 0 Å². The molecular formula is C28H39ClN6OS. The maximum absolute atomic E-state index is 6.17. The Hall–Kier alpha value is -2.16. The van der Waals surface area contributed by atoms with E-state index in [2.05, 4.69) is 52.5 Å². The molecule has 9 heteroatoms. The topological polar surface area (TPSA) is 65.5 Å². The van der Waals surface area contributed by atoms with E-state index in [-0.39, 0.29) is 5.41 Å². The Balaban J connectivity index is 1.32. The van der Waals surface area contributed by atoms with E-state index < -0.39 is 0 Å². The summed E-state index contributed by atoms with van der Waals surface area (Å²) in [6, 6.07) is 10.3. The first kappa shape index (κ1) is 26.4. The summed E-state index contributed by atoms with van der Waals surface area (Å²) >= 11 is 11.9. The molecule has 3 aliphatic rings. The second kappa shape index (κ2) is 11.7. The van der Waals surface area contributed by atoms with Crippen molar-refractivity contribution < 1.29 is 4.74 Å². The third kappa shape index (κ3) is 6.47. The molecule has 37 heavy (non-hydrogen) atoms. The first-order valence-corrected chi connectivity index (χ1v) is 14.5. The van der Waals surface area contributed by atoms with E-state index >= 15 is 0 Å². The smallest absolute Gasteiger partial charge is 0.232 e. The van der Waals surface area contributed by atoms with Crippen LogP contribution in [0.15, 0.2) is 30.3 Å². The number of hydrogen-bond donors (Lipinski definition) is 2. The Morgan fingerprint density at radius 3 is 2.30 bits per heavy atom. The molecule has 0 radical (unpaired) electrons. The number of anilines is 3. The lowest BCUT2D eigenvalue weighted by Crippen LogP contribution is -2.45. The minimum Gasteiger partial charge on any atom is -0.381 e. The maximum Gasteiger partial charge on any atom is 0.232 e. The van der Waals surface area contributed by atoms with Crippen LogP contribution in [0, 0.1) is 11.8 Å². The Morgan fingerprint density at radius 1 is 1.03 bits per heavy atom. The highest BCUT2D eigenvalue weighted by molar-refractivity contribution is 7.80. The standard InChI is InChI=1S/C28H39ClN6OS/c1-20-15-21(2)18-35(17-20)25-16-24(34-11-3-4-12-34)31-26(32-25)33-27(37)30-19-28(9-13-36-14-10-28)22-5-7-23(29)8-6-22/h5-8,16,20-21H,3-4,9-15,17-19H2,1-2H3,(H2,30,31,32,33,37)/t20-,21-/m0/s1. The van der Waals surface area contributed by atoms with Crippen molar-refractivity contribution in [2.24, 2.45) is 11.8 Å². The average molecular weight is 543 g/mol. The Kier molecular flexibility index (Phi) is 8.37. The summed E-state index contributed by atoms with van der Waals surface area (Å²) in [7, 11) is 0. The molecule has 0 amide bonds. The number of ether oxygens (including phenoxy) is 1. The van der Waals surface area contributed by atoms with Crippen molar-refractivity contribution >= 4 is 46.5 Å². The first-order chi connectivity index (χ1) is 17.9. The van der Waals surface area contributed by atoms with Crippen LogP contribution in [0.3, 0.4) is 0 Å². The van der Waals surface area contributed by atoms with Crippen LogP contribution in [0.4, 0.5) is 17.6 Å². The van der Waals surface area contributed by atoms with Crippen molar-refractivity contribution in [2.75, 3.05) is 61.1 Å². The number of aromatic nitrogens is 2. The van der Waals surface area contributed by atoms with Crippen LogP contribution in [-0.4, -0.2) is 61.0 Å². The summed E-state index contributed by atoms with van der Waals surface area (Å²) in [6.07, 6.45) is 5.54. The number of hydrogen-bond acceptors (Lipinski definition) is 6. The third-order valence-electron chi connectivity index (χ3n) is 8.04. The minimum absolute atomic E-state index is 0.0575. The number of halogens is 1. The van der Waals surface area contributed by atoms with E-state index in [1.807, 2.05) is 12.1 Å². The highest BCUT2D eigenvalue weighted by Gasteiger charge is 2.34. The largest absolute Gasteiger partial charge is 0.381 e. The molecule has 2 atom stereocenters. The number of nitrogens with zero attached hydrogens (tertiary/aromatic N) is 4. The summed E-state index contributed by atoms with van der Waals surface area (Å²) < 4.78 is 5.69. The third-order valence-corrected chi connectivity index (χ3v) is 8.54. The van der Waals surface area contributed by atoms with Crippen molar-refractivity contribution in [2.45, 2.75) is 51.4 Å². The van der Waals surface area contributed by atoms with E-state index in [4.69, 9.17) is 38.5 Å². The summed E-state index contributed by atoms with van der Waals surface area (Å²) in [5.74, 6) is 3.84. The number of nitrogens with one attached hydrogen (secondary N) is 2. The predicted octanol–water partition coefficient (Wildman–Crippen LogP) is 5.25. The van der Waals surface area contributed by atoms with Gasteiger partial charge in [0.2, 0.25) is 5.95 Å². The lowest BCUT2D eigenvalue weighted by atomic mass is 9.74. The van der Waals surface area contributed by atoms with Crippen LogP contribution in [-0.2, 0) is 10.2 Å². The van der Waals surface area contributed by atoms with Crippen molar-refractivity contribution in [1.82, 2.24) is 15.3 Å². The quantitative estimate of drug-likeness (QED) is 0.480. The molecule has 0 aliphatic carbocycles. The molecule has 200 valence electrons. The van der Waals surface area contributed by atoms with E-state index in [9.17, 15) is 0 Å². The molecule has 1 aromatic heterocycles. The van der Waals surface area contributed by atoms with Gasteiger partial charge in [0, 0.05) is 62.4 Å². The maximum atomic E-state index is 6.17. The van der Waals surface area contributed by atoms with Gasteiger partial charge in [0.1, 0.15) is 11.6 Å².